The lowest BCUT2D eigenvalue weighted by Gasteiger charge is -2.14. The van der Waals surface area contributed by atoms with Gasteiger partial charge in [-0.1, -0.05) is 43.3 Å². The molecular weight excluding hydrogens is 290 g/mol. The van der Waals surface area contributed by atoms with Gasteiger partial charge in [0.1, 0.15) is 0 Å². The molecule has 1 amide bonds. The molecule has 118 valence electrons. The minimum atomic E-state index is -0.999. The van der Waals surface area contributed by atoms with E-state index in [2.05, 4.69) is 12.2 Å². The van der Waals surface area contributed by atoms with Gasteiger partial charge in [-0.15, -0.1) is 0 Å². The molecule has 1 aliphatic rings. The first kappa shape index (κ1) is 15.3. The summed E-state index contributed by atoms with van der Waals surface area (Å²) in [6.07, 6.45) is 2.27. The monoisotopic (exact) mass is 309 g/mol. The zero-order valence-corrected chi connectivity index (χ0v) is 13.0. The van der Waals surface area contributed by atoms with Gasteiger partial charge in [-0.05, 0) is 41.5 Å². The summed E-state index contributed by atoms with van der Waals surface area (Å²) >= 11 is 0. The van der Waals surface area contributed by atoms with E-state index in [0.717, 1.165) is 12.8 Å². The zero-order valence-electron chi connectivity index (χ0n) is 13.0. The van der Waals surface area contributed by atoms with E-state index in [0.29, 0.717) is 23.2 Å². The average molecular weight is 309 g/mol. The van der Waals surface area contributed by atoms with Gasteiger partial charge in [0, 0.05) is 12.1 Å². The first-order valence-electron chi connectivity index (χ1n) is 7.70. The molecule has 0 bridgehead atoms. The van der Waals surface area contributed by atoms with E-state index < -0.39 is 5.97 Å². The fourth-order valence-corrected chi connectivity index (χ4v) is 2.60. The number of hydrogen-bond acceptors (Lipinski definition) is 2. The van der Waals surface area contributed by atoms with Crippen LogP contribution >= 0.6 is 0 Å². The van der Waals surface area contributed by atoms with Crippen LogP contribution in [0.25, 0.3) is 11.1 Å². The predicted octanol–water partition coefficient (Wildman–Crippen LogP) is 3.58. The maximum Gasteiger partial charge on any atom is 0.336 e. The quantitative estimate of drug-likeness (QED) is 0.887. The van der Waals surface area contributed by atoms with Crippen LogP contribution in [0.1, 0.15) is 40.5 Å². The zero-order chi connectivity index (χ0) is 16.4. The topological polar surface area (TPSA) is 66.4 Å². The predicted molar refractivity (Wildman–Crippen MR) is 88.5 cm³/mol. The van der Waals surface area contributed by atoms with Crippen LogP contribution in [-0.2, 0) is 0 Å². The molecule has 1 fully saturated rings. The van der Waals surface area contributed by atoms with Gasteiger partial charge in [-0.2, -0.15) is 0 Å². The Kier molecular flexibility index (Phi) is 3.90. The van der Waals surface area contributed by atoms with E-state index in [1.807, 2.05) is 6.07 Å². The highest BCUT2D eigenvalue weighted by molar-refractivity contribution is 6.04. The van der Waals surface area contributed by atoms with Crippen LogP contribution in [0, 0.1) is 5.41 Å². The van der Waals surface area contributed by atoms with E-state index in [9.17, 15) is 14.7 Å². The largest absolute Gasteiger partial charge is 0.478 e. The van der Waals surface area contributed by atoms with Gasteiger partial charge in [-0.25, -0.2) is 4.79 Å². The minimum absolute atomic E-state index is 0.158. The van der Waals surface area contributed by atoms with Gasteiger partial charge in [-0.3, -0.25) is 4.79 Å². The highest BCUT2D eigenvalue weighted by Crippen LogP contribution is 2.44. The van der Waals surface area contributed by atoms with Gasteiger partial charge < -0.3 is 10.4 Å². The van der Waals surface area contributed by atoms with Crippen LogP contribution in [0.3, 0.4) is 0 Å². The van der Waals surface area contributed by atoms with Crippen molar-refractivity contribution in [2.45, 2.75) is 19.8 Å². The number of aromatic carboxylic acids is 1. The van der Waals surface area contributed by atoms with Crippen molar-refractivity contribution in [3.05, 3.63) is 59.7 Å². The third-order valence-corrected chi connectivity index (χ3v) is 4.40. The summed E-state index contributed by atoms with van der Waals surface area (Å²) in [4.78, 5) is 24.0. The van der Waals surface area contributed by atoms with E-state index in [1.165, 1.54) is 0 Å². The van der Waals surface area contributed by atoms with Crippen LogP contribution in [0.15, 0.2) is 48.5 Å². The molecule has 2 aromatic rings. The molecule has 2 N–H and O–H groups in total. The van der Waals surface area contributed by atoms with Gasteiger partial charge in [0.25, 0.3) is 5.91 Å². The molecule has 4 heteroatoms. The lowest BCUT2D eigenvalue weighted by molar-refractivity contribution is 0.0697. The van der Waals surface area contributed by atoms with Crippen molar-refractivity contribution in [3.63, 3.8) is 0 Å². The van der Waals surface area contributed by atoms with Crippen LogP contribution < -0.4 is 5.32 Å². The van der Waals surface area contributed by atoms with Gasteiger partial charge in [0.15, 0.2) is 0 Å². The van der Waals surface area contributed by atoms with Crippen molar-refractivity contribution < 1.29 is 14.7 Å². The number of carboxylic acid groups (broad SMARTS) is 1. The maximum atomic E-state index is 12.5. The number of nitrogens with one attached hydrogen (secondary N) is 1. The Labute approximate surface area is 135 Å². The van der Waals surface area contributed by atoms with E-state index in [4.69, 9.17) is 0 Å². The highest BCUT2D eigenvalue weighted by Gasteiger charge is 2.37. The van der Waals surface area contributed by atoms with Crippen molar-refractivity contribution in [1.29, 1.82) is 0 Å². The Hall–Kier alpha value is -2.62. The fourth-order valence-electron chi connectivity index (χ4n) is 2.60. The summed E-state index contributed by atoms with van der Waals surface area (Å²) < 4.78 is 0. The van der Waals surface area contributed by atoms with Crippen molar-refractivity contribution >= 4 is 11.9 Å². The summed E-state index contributed by atoms with van der Waals surface area (Å²) in [6.45, 7) is 2.81. The van der Waals surface area contributed by atoms with Gasteiger partial charge in [0.2, 0.25) is 0 Å². The van der Waals surface area contributed by atoms with Gasteiger partial charge >= 0.3 is 5.97 Å². The number of carbonyl (C=O) groups is 2. The summed E-state index contributed by atoms with van der Waals surface area (Å²) in [7, 11) is 0. The summed E-state index contributed by atoms with van der Waals surface area (Å²) in [6, 6.07) is 13.9. The molecule has 2 aromatic carbocycles. The molecule has 4 nitrogen and oxygen atoms in total. The second-order valence-electron chi connectivity index (χ2n) is 6.39. The van der Waals surface area contributed by atoms with Crippen molar-refractivity contribution in [1.82, 2.24) is 5.32 Å². The van der Waals surface area contributed by atoms with Crippen molar-refractivity contribution in [2.75, 3.05) is 6.54 Å². The Morgan fingerprint density at radius 2 is 1.52 bits per heavy atom. The maximum absolute atomic E-state index is 12.5. The molecule has 3 rings (SSSR count). The van der Waals surface area contributed by atoms with E-state index in [-0.39, 0.29) is 16.9 Å². The van der Waals surface area contributed by atoms with Crippen LogP contribution in [0.5, 0.6) is 0 Å². The standard InChI is InChI=1S/C19H19NO3/c1-19(10-11-19)12-20-17(21)15-8-4-2-6-13(15)14-7-3-5-9-16(14)18(22)23/h2-9H,10-12H2,1H3,(H,20,21)(H,22,23). The lowest BCUT2D eigenvalue weighted by Crippen LogP contribution is -2.29. The first-order chi connectivity index (χ1) is 11.0. The molecule has 0 heterocycles. The van der Waals surface area contributed by atoms with Crippen LogP contribution in [-0.4, -0.2) is 23.5 Å². The Bertz CT molecular complexity index is 763. The molecule has 1 aliphatic carbocycles. The molecule has 1 saturated carbocycles. The van der Waals surface area contributed by atoms with Crippen molar-refractivity contribution in [3.8, 4) is 11.1 Å². The number of benzene rings is 2. The SMILES string of the molecule is CC1(CNC(=O)c2ccccc2-c2ccccc2C(=O)O)CC1. The second kappa shape index (κ2) is 5.88. The summed E-state index contributed by atoms with van der Waals surface area (Å²) in [5.74, 6) is -1.16. The normalized spacial score (nSPS) is 15.0. The smallest absolute Gasteiger partial charge is 0.336 e. The number of carboxylic acids is 1. The Balaban J connectivity index is 1.95. The Morgan fingerprint density at radius 3 is 2.09 bits per heavy atom. The molecule has 0 spiro atoms. The third-order valence-electron chi connectivity index (χ3n) is 4.40. The number of hydrogen-bond donors (Lipinski definition) is 2. The van der Waals surface area contributed by atoms with Crippen LogP contribution in [0.2, 0.25) is 0 Å². The highest BCUT2D eigenvalue weighted by atomic mass is 16.4. The summed E-state index contributed by atoms with van der Waals surface area (Å²) in [5, 5.41) is 12.3. The first-order valence-corrected chi connectivity index (χ1v) is 7.70. The molecule has 0 saturated heterocycles. The molecular formula is C19H19NO3. The lowest BCUT2D eigenvalue weighted by atomic mass is 9.95. The number of amides is 1. The third kappa shape index (κ3) is 3.26. The van der Waals surface area contributed by atoms with Crippen molar-refractivity contribution in [2.24, 2.45) is 5.41 Å². The van der Waals surface area contributed by atoms with Gasteiger partial charge in [0.05, 0.1) is 5.56 Å². The minimum Gasteiger partial charge on any atom is -0.478 e. The summed E-state index contributed by atoms with van der Waals surface area (Å²) in [5.41, 5.74) is 2.13. The molecule has 0 aromatic heterocycles. The molecule has 0 unspecified atom stereocenters. The fraction of sp³-hybridized carbons (Fsp3) is 0.263. The molecule has 23 heavy (non-hydrogen) atoms. The van der Waals surface area contributed by atoms with E-state index in [1.54, 1.807) is 42.5 Å². The van der Waals surface area contributed by atoms with E-state index >= 15 is 0 Å². The number of rotatable bonds is 5. The molecule has 0 radical (unpaired) electrons. The molecule has 0 atom stereocenters. The number of carbonyl (C=O) groups excluding carboxylic acids is 1. The molecule has 0 aliphatic heterocycles. The van der Waals surface area contributed by atoms with Crippen LogP contribution in [0.4, 0.5) is 0 Å². The second-order valence-corrected chi connectivity index (χ2v) is 6.39. The Morgan fingerprint density at radius 1 is 1.00 bits per heavy atom. The average Bonchev–Trinajstić information content (AvgIpc) is 3.30.